The molecule has 128 valence electrons. The number of rotatable bonds is 6. The largest absolute Gasteiger partial charge is 0.381 e. The molecule has 5 nitrogen and oxygen atoms in total. The van der Waals surface area contributed by atoms with Crippen molar-refractivity contribution >= 4 is 5.95 Å². The maximum absolute atomic E-state index is 12.9. The molecule has 1 saturated heterocycles. The van der Waals surface area contributed by atoms with E-state index in [1.54, 1.807) is 0 Å². The average molecular weight is 330 g/mol. The Morgan fingerprint density at radius 3 is 2.50 bits per heavy atom. The van der Waals surface area contributed by atoms with Crippen molar-refractivity contribution in [1.29, 1.82) is 0 Å². The van der Waals surface area contributed by atoms with Crippen LogP contribution < -0.4 is 10.6 Å². The van der Waals surface area contributed by atoms with Crippen molar-refractivity contribution in [2.45, 2.75) is 31.3 Å². The third kappa shape index (κ3) is 4.27. The number of aromatic nitrogens is 2. The highest BCUT2D eigenvalue weighted by molar-refractivity contribution is 5.25. The molecule has 1 atom stereocenters. The van der Waals surface area contributed by atoms with Gasteiger partial charge in [-0.1, -0.05) is 30.3 Å². The summed E-state index contributed by atoms with van der Waals surface area (Å²) in [5, 5.41) is 6.99. The number of nitrogens with zero attached hydrogens (tertiary/aromatic N) is 2. The molecule has 24 heavy (non-hydrogen) atoms. The Bertz CT molecular complexity index is 629. The summed E-state index contributed by atoms with van der Waals surface area (Å²) in [5.74, 6) is 0.00795. The smallest absolute Gasteiger partial charge is 0.222 e. The summed E-state index contributed by atoms with van der Waals surface area (Å²) in [6.07, 6.45) is 4.15. The number of halogens is 1. The van der Waals surface area contributed by atoms with E-state index < -0.39 is 5.82 Å². The van der Waals surface area contributed by atoms with E-state index in [1.165, 1.54) is 18.0 Å². The van der Waals surface area contributed by atoms with E-state index in [4.69, 9.17) is 4.74 Å². The van der Waals surface area contributed by atoms with Gasteiger partial charge >= 0.3 is 0 Å². The molecule has 0 aliphatic carbocycles. The van der Waals surface area contributed by atoms with E-state index in [-0.39, 0.29) is 11.6 Å². The van der Waals surface area contributed by atoms with Gasteiger partial charge in [-0.3, -0.25) is 0 Å². The van der Waals surface area contributed by atoms with Gasteiger partial charge in [0, 0.05) is 31.3 Å². The predicted octanol–water partition coefficient (Wildman–Crippen LogP) is 2.93. The van der Waals surface area contributed by atoms with Crippen molar-refractivity contribution in [1.82, 2.24) is 15.3 Å². The topological polar surface area (TPSA) is 59.1 Å². The highest BCUT2D eigenvalue weighted by Gasteiger charge is 2.34. The van der Waals surface area contributed by atoms with Crippen LogP contribution in [0.25, 0.3) is 0 Å². The lowest BCUT2D eigenvalue weighted by molar-refractivity contribution is 0.0389. The number of hydrogen-bond acceptors (Lipinski definition) is 5. The van der Waals surface area contributed by atoms with Crippen LogP contribution >= 0.6 is 0 Å². The summed E-state index contributed by atoms with van der Waals surface area (Å²) >= 11 is 0. The number of nitrogens with one attached hydrogen (secondary N) is 2. The molecule has 0 radical (unpaired) electrons. The molecule has 1 fully saturated rings. The molecular formula is C18H23FN4O. The van der Waals surface area contributed by atoms with Crippen molar-refractivity contribution in [3.05, 3.63) is 54.1 Å². The van der Waals surface area contributed by atoms with Crippen LogP contribution in [0.4, 0.5) is 10.3 Å². The zero-order valence-electron chi connectivity index (χ0n) is 13.8. The fourth-order valence-electron chi connectivity index (χ4n) is 3.07. The summed E-state index contributed by atoms with van der Waals surface area (Å²) in [5.41, 5.74) is 1.15. The van der Waals surface area contributed by atoms with E-state index in [0.29, 0.717) is 12.5 Å². The first-order valence-corrected chi connectivity index (χ1v) is 8.29. The molecule has 2 aromatic rings. The molecular weight excluding hydrogens is 307 g/mol. The standard InChI is InChI=1S/C18H23FN4O/c1-14(15-5-3-2-4-6-15)23-18(7-9-24-10-8-18)13-22-17-20-11-16(19)12-21-17/h2-6,11-12,14,23H,7-10,13H2,1H3,(H,20,21,22)/t14-/m1/s1. The quantitative estimate of drug-likeness (QED) is 0.853. The van der Waals surface area contributed by atoms with Gasteiger partial charge in [0.25, 0.3) is 0 Å². The molecule has 0 bridgehead atoms. The third-order valence-electron chi connectivity index (χ3n) is 4.48. The lowest BCUT2D eigenvalue weighted by Crippen LogP contribution is -2.54. The number of hydrogen-bond donors (Lipinski definition) is 2. The number of anilines is 1. The Balaban J connectivity index is 1.68. The zero-order chi connectivity index (χ0) is 16.8. The van der Waals surface area contributed by atoms with Crippen LogP contribution in [-0.4, -0.2) is 35.3 Å². The summed E-state index contributed by atoms with van der Waals surface area (Å²) < 4.78 is 18.5. The van der Waals surface area contributed by atoms with E-state index in [0.717, 1.165) is 26.1 Å². The molecule has 1 aliphatic heterocycles. The fraction of sp³-hybridized carbons (Fsp3) is 0.444. The molecule has 6 heteroatoms. The lowest BCUT2D eigenvalue weighted by Gasteiger charge is -2.40. The molecule has 2 N–H and O–H groups in total. The van der Waals surface area contributed by atoms with Crippen molar-refractivity contribution in [2.75, 3.05) is 25.1 Å². The Kier molecular flexibility index (Phi) is 5.37. The van der Waals surface area contributed by atoms with Crippen LogP contribution in [0.15, 0.2) is 42.7 Å². The highest BCUT2D eigenvalue weighted by atomic mass is 19.1. The summed E-state index contributed by atoms with van der Waals surface area (Å²) in [6.45, 7) is 4.28. The molecule has 2 heterocycles. The monoisotopic (exact) mass is 330 g/mol. The second kappa shape index (κ2) is 7.68. The molecule has 0 amide bonds. The average Bonchev–Trinajstić information content (AvgIpc) is 2.63. The van der Waals surface area contributed by atoms with Gasteiger partial charge in [0.1, 0.15) is 0 Å². The van der Waals surface area contributed by atoms with E-state index in [9.17, 15) is 4.39 Å². The predicted molar refractivity (Wildman–Crippen MR) is 91.3 cm³/mol. The zero-order valence-corrected chi connectivity index (χ0v) is 13.8. The van der Waals surface area contributed by atoms with Crippen LogP contribution in [0.5, 0.6) is 0 Å². The first-order valence-electron chi connectivity index (χ1n) is 8.29. The van der Waals surface area contributed by atoms with Crippen molar-refractivity contribution < 1.29 is 9.13 Å². The Hall–Kier alpha value is -2.05. The molecule has 0 unspecified atom stereocenters. The molecule has 1 aromatic carbocycles. The Morgan fingerprint density at radius 1 is 1.17 bits per heavy atom. The lowest BCUT2D eigenvalue weighted by atomic mass is 9.88. The van der Waals surface area contributed by atoms with E-state index in [1.807, 2.05) is 6.07 Å². The maximum Gasteiger partial charge on any atom is 0.222 e. The van der Waals surface area contributed by atoms with Gasteiger partial charge < -0.3 is 15.4 Å². The molecule has 0 saturated carbocycles. The summed E-state index contributed by atoms with van der Waals surface area (Å²) in [4.78, 5) is 7.95. The van der Waals surface area contributed by atoms with Crippen LogP contribution in [0, 0.1) is 5.82 Å². The van der Waals surface area contributed by atoms with Gasteiger partial charge in [0.05, 0.1) is 12.4 Å². The molecule has 1 aromatic heterocycles. The van der Waals surface area contributed by atoms with E-state index >= 15 is 0 Å². The van der Waals surface area contributed by atoms with Gasteiger partial charge in [0.2, 0.25) is 5.95 Å². The van der Waals surface area contributed by atoms with Crippen molar-refractivity contribution in [3.63, 3.8) is 0 Å². The van der Waals surface area contributed by atoms with Gasteiger partial charge in [-0.25, -0.2) is 14.4 Å². The third-order valence-corrected chi connectivity index (χ3v) is 4.48. The Morgan fingerprint density at radius 2 is 1.83 bits per heavy atom. The van der Waals surface area contributed by atoms with E-state index in [2.05, 4.69) is 51.8 Å². The maximum atomic E-state index is 12.9. The second-order valence-electron chi connectivity index (χ2n) is 6.25. The van der Waals surface area contributed by atoms with Crippen LogP contribution in [0.2, 0.25) is 0 Å². The van der Waals surface area contributed by atoms with Gasteiger partial charge in [-0.05, 0) is 25.3 Å². The van der Waals surface area contributed by atoms with Gasteiger partial charge in [-0.15, -0.1) is 0 Å². The Labute approximate surface area is 141 Å². The first kappa shape index (κ1) is 16.8. The minimum absolute atomic E-state index is 0.106. The van der Waals surface area contributed by atoms with Gasteiger partial charge in [-0.2, -0.15) is 0 Å². The normalized spacial score (nSPS) is 18.1. The number of ether oxygens (including phenoxy) is 1. The highest BCUT2D eigenvalue weighted by Crippen LogP contribution is 2.25. The summed E-state index contributed by atoms with van der Waals surface area (Å²) in [6, 6.07) is 10.6. The van der Waals surface area contributed by atoms with Crippen LogP contribution in [0.3, 0.4) is 0 Å². The van der Waals surface area contributed by atoms with Crippen LogP contribution in [-0.2, 0) is 4.74 Å². The number of benzene rings is 1. The minimum Gasteiger partial charge on any atom is -0.381 e. The minimum atomic E-state index is -0.433. The molecule has 0 spiro atoms. The second-order valence-corrected chi connectivity index (χ2v) is 6.25. The van der Waals surface area contributed by atoms with Gasteiger partial charge in [0.15, 0.2) is 5.82 Å². The fourth-order valence-corrected chi connectivity index (χ4v) is 3.07. The molecule has 3 rings (SSSR count). The molecule has 1 aliphatic rings. The van der Waals surface area contributed by atoms with Crippen LogP contribution in [0.1, 0.15) is 31.4 Å². The summed E-state index contributed by atoms with van der Waals surface area (Å²) in [7, 11) is 0. The SMILES string of the molecule is C[C@@H](NC1(CNc2ncc(F)cn2)CCOCC1)c1ccccc1. The van der Waals surface area contributed by atoms with Crippen molar-refractivity contribution in [2.24, 2.45) is 0 Å². The van der Waals surface area contributed by atoms with Crippen molar-refractivity contribution in [3.8, 4) is 0 Å². The first-order chi connectivity index (χ1) is 11.7.